The molecule has 0 saturated carbocycles. The van der Waals surface area contributed by atoms with E-state index in [1.54, 1.807) is 18.2 Å². The van der Waals surface area contributed by atoms with E-state index in [2.05, 4.69) is 17.6 Å². The fraction of sp³-hybridized carbons (Fsp3) is 0.500. The van der Waals surface area contributed by atoms with Crippen LogP contribution in [-0.2, 0) is 0 Å². The van der Waals surface area contributed by atoms with Gasteiger partial charge < -0.3 is 15.4 Å². The van der Waals surface area contributed by atoms with Gasteiger partial charge in [0.1, 0.15) is 5.69 Å². The third-order valence-electron chi connectivity index (χ3n) is 2.45. The van der Waals surface area contributed by atoms with E-state index >= 15 is 0 Å². The first kappa shape index (κ1) is 14.2. The van der Waals surface area contributed by atoms with Gasteiger partial charge in [-0.1, -0.05) is 13.0 Å². The molecule has 0 saturated heterocycles. The molecule has 0 amide bonds. The monoisotopic (exact) mass is 253 g/mol. The van der Waals surface area contributed by atoms with Gasteiger partial charge in [0.05, 0.1) is 12.0 Å². The van der Waals surface area contributed by atoms with Gasteiger partial charge in [-0.3, -0.25) is 10.1 Å². The van der Waals surface area contributed by atoms with Crippen LogP contribution >= 0.6 is 0 Å². The minimum Gasteiger partial charge on any atom is -0.490 e. The Morgan fingerprint density at radius 1 is 1.33 bits per heavy atom. The zero-order chi connectivity index (χ0) is 13.4. The highest BCUT2D eigenvalue weighted by Crippen LogP contribution is 2.34. The first-order valence-electron chi connectivity index (χ1n) is 5.96. The Kier molecular flexibility index (Phi) is 5.93. The van der Waals surface area contributed by atoms with Gasteiger partial charge in [-0.25, -0.2) is 0 Å². The fourth-order valence-corrected chi connectivity index (χ4v) is 1.61. The Balaban J connectivity index is 2.67. The first-order chi connectivity index (χ1) is 8.70. The van der Waals surface area contributed by atoms with Crippen LogP contribution in [0.3, 0.4) is 0 Å². The highest BCUT2D eigenvalue weighted by atomic mass is 16.6. The lowest BCUT2D eigenvalue weighted by molar-refractivity contribution is -0.384. The van der Waals surface area contributed by atoms with E-state index in [0.717, 1.165) is 19.5 Å². The molecule has 100 valence electrons. The molecular weight excluding hydrogens is 234 g/mol. The van der Waals surface area contributed by atoms with Crippen molar-refractivity contribution in [2.75, 3.05) is 32.1 Å². The standard InChI is InChI=1S/C12H19N3O3/c1-3-7-13-8-9-14-10-5-4-6-11(18-2)12(10)15(16)17/h4-6,13-14H,3,7-9H2,1-2H3. The molecule has 1 aromatic carbocycles. The van der Waals surface area contributed by atoms with E-state index in [-0.39, 0.29) is 11.4 Å². The predicted molar refractivity (Wildman–Crippen MR) is 71.3 cm³/mol. The van der Waals surface area contributed by atoms with Crippen LogP contribution in [0, 0.1) is 10.1 Å². The number of para-hydroxylation sites is 1. The SMILES string of the molecule is CCCNCCNc1cccc(OC)c1[N+](=O)[O-]. The third-order valence-corrected chi connectivity index (χ3v) is 2.45. The maximum absolute atomic E-state index is 11.0. The largest absolute Gasteiger partial charge is 0.490 e. The van der Waals surface area contributed by atoms with Crippen LogP contribution in [0.2, 0.25) is 0 Å². The maximum atomic E-state index is 11.0. The van der Waals surface area contributed by atoms with Crippen molar-refractivity contribution in [1.29, 1.82) is 0 Å². The predicted octanol–water partition coefficient (Wildman–Crippen LogP) is 2.01. The molecule has 0 heterocycles. The molecule has 18 heavy (non-hydrogen) atoms. The number of methoxy groups -OCH3 is 1. The number of nitrogens with zero attached hydrogens (tertiary/aromatic N) is 1. The zero-order valence-corrected chi connectivity index (χ0v) is 10.7. The van der Waals surface area contributed by atoms with Crippen molar-refractivity contribution < 1.29 is 9.66 Å². The molecule has 0 atom stereocenters. The second-order valence-corrected chi connectivity index (χ2v) is 3.79. The summed E-state index contributed by atoms with van der Waals surface area (Å²) >= 11 is 0. The van der Waals surface area contributed by atoms with Crippen molar-refractivity contribution in [2.24, 2.45) is 0 Å². The summed E-state index contributed by atoms with van der Waals surface area (Å²) in [6.07, 6.45) is 1.07. The summed E-state index contributed by atoms with van der Waals surface area (Å²) in [5.74, 6) is 0.270. The molecule has 0 unspecified atom stereocenters. The molecule has 2 N–H and O–H groups in total. The first-order valence-corrected chi connectivity index (χ1v) is 5.96. The summed E-state index contributed by atoms with van der Waals surface area (Å²) in [5.41, 5.74) is 0.466. The van der Waals surface area contributed by atoms with Crippen molar-refractivity contribution in [3.63, 3.8) is 0 Å². The molecule has 0 aliphatic carbocycles. The number of rotatable bonds is 8. The van der Waals surface area contributed by atoms with Crippen molar-refractivity contribution in [3.8, 4) is 5.75 Å². The maximum Gasteiger partial charge on any atom is 0.333 e. The number of anilines is 1. The van der Waals surface area contributed by atoms with Gasteiger partial charge in [0.25, 0.3) is 0 Å². The molecule has 0 radical (unpaired) electrons. The van der Waals surface area contributed by atoms with Gasteiger partial charge in [0, 0.05) is 13.1 Å². The number of nitro benzene ring substituents is 1. The van der Waals surface area contributed by atoms with Crippen LogP contribution < -0.4 is 15.4 Å². The summed E-state index contributed by atoms with van der Waals surface area (Å²) < 4.78 is 4.99. The number of nitrogens with one attached hydrogen (secondary N) is 2. The van der Waals surface area contributed by atoms with E-state index in [4.69, 9.17) is 4.74 Å². The van der Waals surface area contributed by atoms with E-state index in [1.807, 2.05) is 0 Å². The zero-order valence-electron chi connectivity index (χ0n) is 10.7. The molecule has 0 aliphatic heterocycles. The van der Waals surface area contributed by atoms with Crippen molar-refractivity contribution >= 4 is 11.4 Å². The second kappa shape index (κ2) is 7.50. The van der Waals surface area contributed by atoms with Crippen molar-refractivity contribution in [2.45, 2.75) is 13.3 Å². The number of nitro groups is 1. The van der Waals surface area contributed by atoms with Crippen LogP contribution in [-0.4, -0.2) is 31.7 Å². The van der Waals surface area contributed by atoms with Gasteiger partial charge in [0.2, 0.25) is 0 Å². The molecule has 6 nitrogen and oxygen atoms in total. The summed E-state index contributed by atoms with van der Waals surface area (Å²) in [7, 11) is 1.43. The van der Waals surface area contributed by atoms with Gasteiger partial charge in [-0.15, -0.1) is 0 Å². The topological polar surface area (TPSA) is 76.4 Å². The van der Waals surface area contributed by atoms with Gasteiger partial charge in [-0.05, 0) is 25.1 Å². The van der Waals surface area contributed by atoms with Crippen LogP contribution in [0.25, 0.3) is 0 Å². The number of benzene rings is 1. The Hall–Kier alpha value is -1.82. The smallest absolute Gasteiger partial charge is 0.333 e. The van der Waals surface area contributed by atoms with Crippen LogP contribution in [0.5, 0.6) is 5.75 Å². The summed E-state index contributed by atoms with van der Waals surface area (Å²) in [6, 6.07) is 4.99. The Morgan fingerprint density at radius 2 is 2.11 bits per heavy atom. The van der Waals surface area contributed by atoms with Gasteiger partial charge in [0.15, 0.2) is 5.75 Å². The van der Waals surface area contributed by atoms with Gasteiger partial charge >= 0.3 is 5.69 Å². The number of hydrogen-bond acceptors (Lipinski definition) is 5. The van der Waals surface area contributed by atoms with Gasteiger partial charge in [-0.2, -0.15) is 0 Å². The highest BCUT2D eigenvalue weighted by Gasteiger charge is 2.19. The van der Waals surface area contributed by atoms with Crippen molar-refractivity contribution in [1.82, 2.24) is 5.32 Å². The van der Waals surface area contributed by atoms with Crippen LogP contribution in [0.1, 0.15) is 13.3 Å². The normalized spacial score (nSPS) is 10.1. The average Bonchev–Trinajstić information content (AvgIpc) is 2.37. The molecular formula is C12H19N3O3. The molecule has 0 spiro atoms. The molecule has 1 aromatic rings. The Morgan fingerprint density at radius 3 is 2.72 bits per heavy atom. The molecule has 1 rings (SSSR count). The van der Waals surface area contributed by atoms with E-state index < -0.39 is 4.92 Å². The molecule has 0 fully saturated rings. The lowest BCUT2D eigenvalue weighted by Crippen LogP contribution is -2.23. The summed E-state index contributed by atoms with van der Waals surface area (Å²) in [4.78, 5) is 10.6. The summed E-state index contributed by atoms with van der Waals surface area (Å²) in [5, 5.41) is 17.3. The lowest BCUT2D eigenvalue weighted by atomic mass is 10.2. The number of hydrogen-bond donors (Lipinski definition) is 2. The number of ether oxygens (including phenoxy) is 1. The Labute approximate surface area is 106 Å². The van der Waals surface area contributed by atoms with E-state index in [1.165, 1.54) is 7.11 Å². The molecule has 6 heteroatoms. The second-order valence-electron chi connectivity index (χ2n) is 3.79. The highest BCUT2D eigenvalue weighted by molar-refractivity contribution is 5.68. The minimum atomic E-state index is -0.430. The fourth-order valence-electron chi connectivity index (χ4n) is 1.61. The lowest BCUT2D eigenvalue weighted by Gasteiger charge is -2.09. The quantitative estimate of drug-likeness (QED) is 0.421. The van der Waals surface area contributed by atoms with E-state index in [0.29, 0.717) is 12.2 Å². The van der Waals surface area contributed by atoms with Crippen molar-refractivity contribution in [3.05, 3.63) is 28.3 Å². The minimum absolute atomic E-state index is 0.0181. The van der Waals surface area contributed by atoms with Crippen LogP contribution in [0.4, 0.5) is 11.4 Å². The van der Waals surface area contributed by atoms with E-state index in [9.17, 15) is 10.1 Å². The molecule has 0 bridgehead atoms. The molecule has 0 aromatic heterocycles. The Bertz CT molecular complexity index is 396. The average molecular weight is 253 g/mol. The van der Waals surface area contributed by atoms with Crippen LogP contribution in [0.15, 0.2) is 18.2 Å². The third kappa shape index (κ3) is 3.89. The molecule has 0 aliphatic rings. The summed E-state index contributed by atoms with van der Waals surface area (Å²) in [6.45, 7) is 4.44.